The van der Waals surface area contributed by atoms with Gasteiger partial charge in [-0.2, -0.15) is 0 Å². The van der Waals surface area contributed by atoms with E-state index >= 15 is 0 Å². The van der Waals surface area contributed by atoms with Gasteiger partial charge in [-0.15, -0.1) is 0 Å². The molecule has 6 aromatic rings. The molecule has 0 aliphatic carbocycles. The number of aliphatic hydroxyl groups is 1. The van der Waals surface area contributed by atoms with Gasteiger partial charge in [0.25, 0.3) is 5.91 Å². The Bertz CT molecular complexity index is 2230. The molecule has 0 radical (unpaired) electrons. The Morgan fingerprint density at radius 1 is 0.885 bits per heavy atom. The first-order valence-corrected chi connectivity index (χ1v) is 17.9. The third kappa shape index (κ3) is 7.00. The third-order valence-corrected chi connectivity index (χ3v) is 10.5. The number of carbonyl (C=O) groups is 1. The quantitative estimate of drug-likeness (QED) is 0.172. The molecule has 266 valence electrons. The summed E-state index contributed by atoms with van der Waals surface area (Å²) in [7, 11) is 0. The summed E-state index contributed by atoms with van der Waals surface area (Å²) in [4.78, 5) is 40.0. The molecule has 8 rings (SSSR count). The van der Waals surface area contributed by atoms with Crippen LogP contribution in [0, 0.1) is 5.92 Å². The number of nitrogens with one attached hydrogen (secondary N) is 2. The summed E-state index contributed by atoms with van der Waals surface area (Å²) < 4.78 is 15.4. The first-order chi connectivity index (χ1) is 25.4. The van der Waals surface area contributed by atoms with E-state index < -0.39 is 6.29 Å². The summed E-state index contributed by atoms with van der Waals surface area (Å²) in [6, 6.07) is 31.4. The number of H-pyrrole nitrogens is 1. The number of carbonyl (C=O) groups excluding carboxylic acids is 1. The monoisotopic (exact) mass is 698 g/mol. The number of ether oxygens (including phenoxy) is 2. The van der Waals surface area contributed by atoms with Crippen LogP contribution in [-0.2, 0) is 22.6 Å². The topological polar surface area (TPSA) is 135 Å². The van der Waals surface area contributed by atoms with Crippen LogP contribution in [0.15, 0.2) is 108 Å². The number of aromatic nitrogens is 4. The van der Waals surface area contributed by atoms with Crippen LogP contribution in [0.1, 0.15) is 70.9 Å². The van der Waals surface area contributed by atoms with Crippen molar-refractivity contribution in [2.75, 3.05) is 19.6 Å². The number of imidazole rings is 1. The van der Waals surface area contributed by atoms with Gasteiger partial charge in [0.05, 0.1) is 47.1 Å². The predicted molar refractivity (Wildman–Crippen MR) is 197 cm³/mol. The molecule has 0 spiro atoms. The molecule has 2 fully saturated rings. The van der Waals surface area contributed by atoms with Crippen molar-refractivity contribution in [1.82, 2.24) is 29.7 Å². The Labute approximate surface area is 301 Å². The average molecular weight is 699 g/mol. The number of piperidine rings is 1. The van der Waals surface area contributed by atoms with Crippen LogP contribution in [0.2, 0.25) is 0 Å². The fourth-order valence-corrected chi connectivity index (χ4v) is 7.51. The zero-order valence-corrected chi connectivity index (χ0v) is 29.0. The van der Waals surface area contributed by atoms with Crippen LogP contribution in [0.4, 0.5) is 0 Å². The Hall–Kier alpha value is -5.20. The highest BCUT2D eigenvalue weighted by atomic mass is 16.7. The van der Waals surface area contributed by atoms with Gasteiger partial charge >= 0.3 is 5.69 Å². The highest BCUT2D eigenvalue weighted by Gasteiger charge is 2.39. The Morgan fingerprint density at radius 2 is 1.58 bits per heavy atom. The maximum atomic E-state index is 12.9. The van der Waals surface area contributed by atoms with Crippen LogP contribution in [0.25, 0.3) is 22.1 Å². The van der Waals surface area contributed by atoms with E-state index in [1.54, 1.807) is 0 Å². The second-order valence-electron chi connectivity index (χ2n) is 13.8. The third-order valence-electron chi connectivity index (χ3n) is 10.5. The SMILES string of the molecule is C[C@@H]1[C@H](CN2CCC(n3c(=O)[nH]c4ccccc43)CC2)O[C@H](c2ccc(CNC(=O)c3cnc4ccccc4n3)cc2)O[C@@H]1c1ccc(CO)cc1. The number of aromatic amines is 1. The van der Waals surface area contributed by atoms with E-state index in [1.807, 2.05) is 102 Å². The Kier molecular flexibility index (Phi) is 9.66. The maximum absolute atomic E-state index is 12.9. The zero-order chi connectivity index (χ0) is 35.6. The number of fused-ring (bicyclic) bond motifs is 2. The fourth-order valence-electron chi connectivity index (χ4n) is 7.51. The van der Waals surface area contributed by atoms with Crippen molar-refractivity contribution in [2.45, 2.75) is 57.5 Å². The summed E-state index contributed by atoms with van der Waals surface area (Å²) in [5, 5.41) is 12.6. The number of nitrogens with zero attached hydrogens (tertiary/aromatic N) is 4. The van der Waals surface area contributed by atoms with Gasteiger partial charge in [-0.1, -0.05) is 79.7 Å². The fraction of sp³-hybridized carbons (Fsp3) is 0.317. The molecule has 3 N–H and O–H groups in total. The molecule has 0 bridgehead atoms. The molecule has 2 aliphatic rings. The van der Waals surface area contributed by atoms with Gasteiger partial charge in [-0.05, 0) is 53.8 Å². The number of amides is 1. The molecule has 4 heterocycles. The van der Waals surface area contributed by atoms with Gasteiger partial charge in [0.1, 0.15) is 5.69 Å². The molecule has 2 aromatic heterocycles. The lowest BCUT2D eigenvalue weighted by Crippen LogP contribution is -2.47. The minimum atomic E-state index is -0.595. The highest BCUT2D eigenvalue weighted by Crippen LogP contribution is 2.42. The van der Waals surface area contributed by atoms with Crippen LogP contribution in [0.5, 0.6) is 0 Å². The van der Waals surface area contributed by atoms with Crippen LogP contribution in [0.3, 0.4) is 0 Å². The van der Waals surface area contributed by atoms with E-state index in [-0.39, 0.29) is 48.1 Å². The molecule has 0 saturated carbocycles. The second kappa shape index (κ2) is 14.8. The first kappa shape index (κ1) is 33.9. The molecule has 4 aromatic carbocycles. The minimum absolute atomic E-state index is 0.0151. The molecular formula is C41H42N6O5. The van der Waals surface area contributed by atoms with E-state index in [1.165, 1.54) is 6.20 Å². The van der Waals surface area contributed by atoms with Crippen molar-refractivity contribution in [3.05, 3.63) is 142 Å². The van der Waals surface area contributed by atoms with E-state index in [2.05, 4.69) is 32.1 Å². The van der Waals surface area contributed by atoms with E-state index in [4.69, 9.17) is 9.47 Å². The Morgan fingerprint density at radius 3 is 2.35 bits per heavy atom. The maximum Gasteiger partial charge on any atom is 0.326 e. The molecule has 2 aliphatic heterocycles. The average Bonchev–Trinajstić information content (AvgIpc) is 3.53. The van der Waals surface area contributed by atoms with E-state index in [0.717, 1.165) is 71.3 Å². The summed E-state index contributed by atoms with van der Waals surface area (Å²) in [6.45, 7) is 4.95. The van der Waals surface area contributed by atoms with Gasteiger partial charge in [0.2, 0.25) is 0 Å². The van der Waals surface area contributed by atoms with E-state index in [9.17, 15) is 14.7 Å². The highest BCUT2D eigenvalue weighted by molar-refractivity contribution is 5.93. The normalized spacial score (nSPS) is 21.4. The van der Waals surface area contributed by atoms with Crippen LogP contribution in [-0.4, -0.2) is 61.2 Å². The predicted octanol–water partition coefficient (Wildman–Crippen LogP) is 5.82. The van der Waals surface area contributed by atoms with Gasteiger partial charge in [-0.3, -0.25) is 14.3 Å². The van der Waals surface area contributed by atoms with Crippen molar-refractivity contribution in [3.8, 4) is 0 Å². The van der Waals surface area contributed by atoms with Crippen molar-refractivity contribution < 1.29 is 19.4 Å². The lowest BCUT2D eigenvalue weighted by Gasteiger charge is -2.44. The molecule has 0 unspecified atom stereocenters. The largest absolute Gasteiger partial charge is 0.392 e. The van der Waals surface area contributed by atoms with Crippen LogP contribution < -0.4 is 11.0 Å². The molecule has 4 atom stereocenters. The lowest BCUT2D eigenvalue weighted by molar-refractivity contribution is -0.276. The summed E-state index contributed by atoms with van der Waals surface area (Å²) >= 11 is 0. The summed E-state index contributed by atoms with van der Waals surface area (Å²) in [5.41, 5.74) is 7.18. The molecule has 2 saturated heterocycles. The first-order valence-electron chi connectivity index (χ1n) is 17.9. The Balaban J connectivity index is 0.952. The van der Waals surface area contributed by atoms with Crippen molar-refractivity contribution in [2.24, 2.45) is 5.92 Å². The number of rotatable bonds is 9. The smallest absolute Gasteiger partial charge is 0.326 e. The second-order valence-corrected chi connectivity index (χ2v) is 13.8. The molecule has 1 amide bonds. The van der Waals surface area contributed by atoms with Crippen LogP contribution >= 0.6 is 0 Å². The standard InChI is InChI=1S/C41H42N6O5/c1-26-37(24-46-20-18-31(19-21-46)47-36-9-5-4-8-34(36)45-41(47)50)51-40(52-38(26)29-14-12-28(25-48)13-15-29)30-16-10-27(11-17-30)22-43-39(49)35-23-42-32-6-2-3-7-33(32)44-35/h2-17,23,26,31,37-38,40,48H,18-22,24-25H2,1H3,(H,43,49)(H,45,50)/t26-,37+,38+,40+/m1/s1. The van der Waals surface area contributed by atoms with E-state index in [0.29, 0.717) is 12.1 Å². The summed E-state index contributed by atoms with van der Waals surface area (Å²) in [5.74, 6) is -0.233. The van der Waals surface area contributed by atoms with Gasteiger partial charge in [-0.25, -0.2) is 9.78 Å². The molecule has 11 nitrogen and oxygen atoms in total. The van der Waals surface area contributed by atoms with Gasteiger partial charge in [0, 0.05) is 43.7 Å². The molecule has 11 heteroatoms. The minimum Gasteiger partial charge on any atom is -0.392 e. The number of hydrogen-bond donors (Lipinski definition) is 3. The van der Waals surface area contributed by atoms with Gasteiger partial charge < -0.3 is 29.8 Å². The summed E-state index contributed by atoms with van der Waals surface area (Å²) in [6.07, 6.45) is 2.32. The number of para-hydroxylation sites is 4. The van der Waals surface area contributed by atoms with Crippen molar-refractivity contribution in [1.29, 1.82) is 0 Å². The number of hydrogen-bond acceptors (Lipinski definition) is 8. The number of benzene rings is 4. The number of likely N-dealkylation sites (tertiary alicyclic amines) is 1. The lowest BCUT2D eigenvalue weighted by atomic mass is 9.89. The van der Waals surface area contributed by atoms with Crippen molar-refractivity contribution >= 4 is 28.0 Å². The zero-order valence-electron chi connectivity index (χ0n) is 29.0. The molecule has 52 heavy (non-hydrogen) atoms. The van der Waals surface area contributed by atoms with Crippen molar-refractivity contribution in [3.63, 3.8) is 0 Å². The number of aliphatic hydroxyl groups excluding tert-OH is 1. The van der Waals surface area contributed by atoms with Gasteiger partial charge in [0.15, 0.2) is 6.29 Å². The molecular weight excluding hydrogens is 656 g/mol.